The Morgan fingerprint density at radius 1 is 1.26 bits per heavy atom. The number of hydrogen-bond acceptors (Lipinski definition) is 6. The zero-order chi connectivity index (χ0) is 14.8. The van der Waals surface area contributed by atoms with Crippen LogP contribution >= 0.6 is 12.6 Å². The molecule has 0 saturated heterocycles. The summed E-state index contributed by atoms with van der Waals surface area (Å²) in [4.78, 5) is 32.3. The number of nitrogens with one attached hydrogen (secondary N) is 2. The summed E-state index contributed by atoms with van der Waals surface area (Å²) >= 11 is 4.04. The zero-order valence-electron chi connectivity index (χ0n) is 10.3. The highest BCUT2D eigenvalue weighted by Crippen LogP contribution is 1.96. The van der Waals surface area contributed by atoms with Gasteiger partial charge >= 0.3 is 11.9 Å². The largest absolute Gasteiger partial charge is 0.480 e. The number of hydrogen-bond donors (Lipinski definition) is 6. The van der Waals surface area contributed by atoms with Gasteiger partial charge in [-0.15, -0.1) is 0 Å². The van der Waals surface area contributed by atoms with Crippen LogP contribution in [0.4, 0.5) is 0 Å². The van der Waals surface area contributed by atoms with Crippen LogP contribution in [0, 0.1) is 0 Å². The van der Waals surface area contributed by atoms with E-state index < -0.39 is 18.0 Å². The Hall–Kier alpha value is -1.32. The summed E-state index contributed by atoms with van der Waals surface area (Å²) in [5, 5.41) is 22.3. The van der Waals surface area contributed by atoms with Crippen molar-refractivity contribution < 1.29 is 24.6 Å². The maximum absolute atomic E-state index is 11.5. The molecule has 0 rings (SSSR count). The van der Waals surface area contributed by atoms with E-state index in [9.17, 15) is 14.4 Å². The number of aliphatic carboxylic acids is 2. The summed E-state index contributed by atoms with van der Waals surface area (Å²) in [7, 11) is 0. The van der Waals surface area contributed by atoms with Crippen molar-refractivity contribution in [2.75, 3.05) is 18.8 Å². The van der Waals surface area contributed by atoms with E-state index in [1.165, 1.54) is 0 Å². The van der Waals surface area contributed by atoms with Crippen molar-refractivity contribution in [2.45, 2.75) is 24.9 Å². The SMILES string of the molecule is N[C@@H](CCC(=O)N[C@@H](CS)CNCC(=O)O)C(=O)O. The van der Waals surface area contributed by atoms with Crippen LogP contribution in [-0.2, 0) is 14.4 Å². The van der Waals surface area contributed by atoms with Crippen molar-refractivity contribution in [3.8, 4) is 0 Å². The predicted molar refractivity (Wildman–Crippen MR) is 71.1 cm³/mol. The summed E-state index contributed by atoms with van der Waals surface area (Å²) in [6, 6.07) is -1.39. The molecule has 19 heavy (non-hydrogen) atoms. The van der Waals surface area contributed by atoms with Gasteiger partial charge in [0.2, 0.25) is 5.91 Å². The maximum Gasteiger partial charge on any atom is 0.320 e. The highest BCUT2D eigenvalue weighted by atomic mass is 32.1. The molecule has 0 aromatic rings. The molecule has 0 aromatic heterocycles. The van der Waals surface area contributed by atoms with Gasteiger partial charge in [-0.3, -0.25) is 14.4 Å². The number of carbonyl (C=O) groups is 3. The third-order valence-corrected chi connectivity index (χ3v) is 2.69. The Balaban J connectivity index is 3.92. The molecule has 2 atom stereocenters. The molecule has 0 saturated carbocycles. The van der Waals surface area contributed by atoms with Gasteiger partial charge in [-0.25, -0.2) is 0 Å². The van der Waals surface area contributed by atoms with E-state index in [0.717, 1.165) is 0 Å². The second-order valence-corrected chi connectivity index (χ2v) is 4.32. The Labute approximate surface area is 116 Å². The maximum atomic E-state index is 11.5. The van der Waals surface area contributed by atoms with E-state index in [0.29, 0.717) is 5.75 Å². The number of nitrogens with two attached hydrogens (primary N) is 1. The van der Waals surface area contributed by atoms with Crippen LogP contribution in [-0.4, -0.2) is 59.0 Å². The lowest BCUT2D eigenvalue weighted by Gasteiger charge is -2.17. The summed E-state index contributed by atoms with van der Waals surface area (Å²) in [5.74, 6) is -2.14. The number of carboxylic acids is 2. The zero-order valence-corrected chi connectivity index (χ0v) is 11.2. The van der Waals surface area contributed by atoms with Gasteiger partial charge in [0.15, 0.2) is 0 Å². The lowest BCUT2D eigenvalue weighted by Crippen LogP contribution is -2.44. The molecule has 0 aliphatic heterocycles. The topological polar surface area (TPSA) is 142 Å². The number of carbonyl (C=O) groups excluding carboxylic acids is 1. The van der Waals surface area contributed by atoms with E-state index in [-0.39, 0.29) is 37.9 Å². The Morgan fingerprint density at radius 3 is 2.37 bits per heavy atom. The summed E-state index contributed by atoms with van der Waals surface area (Å²) in [6.07, 6.45) is 0.0414. The minimum Gasteiger partial charge on any atom is -0.480 e. The average molecular weight is 293 g/mol. The van der Waals surface area contributed by atoms with Gasteiger partial charge in [-0.05, 0) is 6.42 Å². The molecule has 6 N–H and O–H groups in total. The third-order valence-electron chi connectivity index (χ3n) is 2.25. The van der Waals surface area contributed by atoms with E-state index in [1.807, 2.05) is 0 Å². The van der Waals surface area contributed by atoms with Crippen LogP contribution in [0.25, 0.3) is 0 Å². The quantitative estimate of drug-likeness (QED) is 0.263. The van der Waals surface area contributed by atoms with Crippen LogP contribution in [0.2, 0.25) is 0 Å². The average Bonchev–Trinajstić information content (AvgIpc) is 2.33. The molecule has 8 nitrogen and oxygen atoms in total. The Kier molecular flexibility index (Phi) is 8.92. The minimum absolute atomic E-state index is 0.00330. The van der Waals surface area contributed by atoms with Crippen molar-refractivity contribution in [3.05, 3.63) is 0 Å². The van der Waals surface area contributed by atoms with E-state index >= 15 is 0 Å². The lowest BCUT2D eigenvalue weighted by atomic mass is 10.1. The van der Waals surface area contributed by atoms with Gasteiger partial charge in [0, 0.05) is 18.7 Å². The summed E-state index contributed by atoms with van der Waals surface area (Å²) < 4.78 is 0. The number of amides is 1. The highest BCUT2D eigenvalue weighted by molar-refractivity contribution is 7.80. The predicted octanol–water partition coefficient (Wildman–Crippen LogP) is -1.73. The van der Waals surface area contributed by atoms with Crippen molar-refractivity contribution in [1.29, 1.82) is 0 Å². The monoisotopic (exact) mass is 293 g/mol. The van der Waals surface area contributed by atoms with Crippen molar-refractivity contribution in [3.63, 3.8) is 0 Å². The van der Waals surface area contributed by atoms with Gasteiger partial charge in [0.1, 0.15) is 6.04 Å². The van der Waals surface area contributed by atoms with Crippen LogP contribution in [0.15, 0.2) is 0 Å². The number of thiol groups is 1. The molecule has 0 unspecified atom stereocenters. The standard InChI is InChI=1S/C10H19N3O5S/c11-7(10(17)18)1-2-8(14)13-6(5-19)3-12-4-9(15)16/h6-7,12,19H,1-5,11H2,(H,13,14)(H,15,16)(H,17,18)/t6-,7+/m1/s1. The fraction of sp³-hybridized carbons (Fsp3) is 0.700. The van der Waals surface area contributed by atoms with Crippen molar-refractivity contribution in [2.24, 2.45) is 5.73 Å². The van der Waals surface area contributed by atoms with Gasteiger partial charge in [-0.2, -0.15) is 12.6 Å². The second-order valence-electron chi connectivity index (χ2n) is 3.96. The first-order valence-electron chi connectivity index (χ1n) is 5.68. The third kappa shape index (κ3) is 9.28. The Bertz CT molecular complexity index is 326. The lowest BCUT2D eigenvalue weighted by molar-refractivity contribution is -0.139. The molecule has 0 aromatic carbocycles. The molecule has 0 heterocycles. The molecule has 9 heteroatoms. The first kappa shape index (κ1) is 17.7. The highest BCUT2D eigenvalue weighted by Gasteiger charge is 2.15. The fourth-order valence-corrected chi connectivity index (χ4v) is 1.44. The van der Waals surface area contributed by atoms with Gasteiger partial charge < -0.3 is 26.6 Å². The van der Waals surface area contributed by atoms with Gasteiger partial charge in [-0.1, -0.05) is 0 Å². The van der Waals surface area contributed by atoms with Crippen LogP contribution in [0.1, 0.15) is 12.8 Å². The smallest absolute Gasteiger partial charge is 0.320 e. The summed E-state index contributed by atoms with van der Waals surface area (Å²) in [6.45, 7) is 0.0660. The van der Waals surface area contributed by atoms with Gasteiger partial charge in [0.05, 0.1) is 12.6 Å². The first-order valence-corrected chi connectivity index (χ1v) is 6.31. The number of rotatable bonds is 10. The molecule has 1 amide bonds. The minimum atomic E-state index is -1.15. The second kappa shape index (κ2) is 9.59. The summed E-state index contributed by atoms with van der Waals surface area (Å²) in [5.41, 5.74) is 5.27. The van der Waals surface area contributed by atoms with Crippen molar-refractivity contribution in [1.82, 2.24) is 10.6 Å². The van der Waals surface area contributed by atoms with Gasteiger partial charge in [0.25, 0.3) is 0 Å². The van der Waals surface area contributed by atoms with Crippen molar-refractivity contribution >= 4 is 30.5 Å². The molecule has 0 aliphatic carbocycles. The molecule has 0 fully saturated rings. The first-order chi connectivity index (χ1) is 8.86. The molecule has 0 aliphatic rings. The van der Waals surface area contributed by atoms with Crippen LogP contribution in [0.5, 0.6) is 0 Å². The number of carboxylic acid groups (broad SMARTS) is 2. The van der Waals surface area contributed by atoms with Crippen LogP contribution in [0.3, 0.4) is 0 Å². The normalized spacial score (nSPS) is 13.6. The molecule has 110 valence electrons. The molecular formula is C10H19N3O5S. The Morgan fingerprint density at radius 2 is 1.89 bits per heavy atom. The molecule has 0 radical (unpaired) electrons. The molecule has 0 bridgehead atoms. The molecule has 0 spiro atoms. The van der Waals surface area contributed by atoms with E-state index in [4.69, 9.17) is 15.9 Å². The van der Waals surface area contributed by atoms with E-state index in [2.05, 4.69) is 23.3 Å². The molecular weight excluding hydrogens is 274 g/mol. The van der Waals surface area contributed by atoms with Crippen LogP contribution < -0.4 is 16.4 Å². The van der Waals surface area contributed by atoms with E-state index in [1.54, 1.807) is 0 Å². The fourth-order valence-electron chi connectivity index (χ4n) is 1.22.